The summed E-state index contributed by atoms with van der Waals surface area (Å²) in [5, 5.41) is 2.44. The summed E-state index contributed by atoms with van der Waals surface area (Å²) < 4.78 is 0. The minimum Gasteiger partial charge on any atom is -0.389 e. The summed E-state index contributed by atoms with van der Waals surface area (Å²) in [6.45, 7) is 3.39. The van der Waals surface area contributed by atoms with Crippen molar-refractivity contribution in [1.82, 2.24) is 0 Å². The lowest BCUT2D eigenvalue weighted by Crippen LogP contribution is -2.27. The molecule has 0 radical (unpaired) electrons. The van der Waals surface area contributed by atoms with Crippen LogP contribution >= 0.6 is 12.2 Å². The Morgan fingerprint density at radius 3 is 2.52 bits per heavy atom. The third-order valence-corrected chi connectivity index (χ3v) is 4.44. The van der Waals surface area contributed by atoms with E-state index in [-0.39, 0.29) is 0 Å². The number of anilines is 1. The molecule has 0 amide bonds. The molecular formula is C18H22N2S. The molecule has 21 heavy (non-hydrogen) atoms. The van der Waals surface area contributed by atoms with Crippen molar-refractivity contribution in [3.8, 4) is 0 Å². The van der Waals surface area contributed by atoms with E-state index in [1.54, 1.807) is 0 Å². The molecule has 0 spiro atoms. The van der Waals surface area contributed by atoms with E-state index in [0.29, 0.717) is 4.99 Å². The van der Waals surface area contributed by atoms with Crippen molar-refractivity contribution in [2.24, 2.45) is 5.73 Å². The normalized spacial score (nSPS) is 14.3. The van der Waals surface area contributed by atoms with Crippen molar-refractivity contribution < 1.29 is 0 Å². The molecule has 1 fully saturated rings. The first-order valence-electron chi connectivity index (χ1n) is 7.80. The van der Waals surface area contributed by atoms with Crippen molar-refractivity contribution in [3.05, 3.63) is 42.0 Å². The number of hydrogen-bond acceptors (Lipinski definition) is 2. The highest BCUT2D eigenvalue weighted by Crippen LogP contribution is 2.37. The topological polar surface area (TPSA) is 29.3 Å². The zero-order valence-corrected chi connectivity index (χ0v) is 13.3. The molecule has 0 heterocycles. The van der Waals surface area contributed by atoms with Gasteiger partial charge in [-0.1, -0.05) is 49.8 Å². The van der Waals surface area contributed by atoms with Gasteiger partial charge >= 0.3 is 0 Å². The SMILES string of the molecule is CCCCN(c1ccc(C(N)=S)c2ccccc12)C1CC1. The van der Waals surface area contributed by atoms with E-state index in [2.05, 4.69) is 48.2 Å². The van der Waals surface area contributed by atoms with Crippen molar-refractivity contribution in [2.45, 2.75) is 38.6 Å². The molecule has 0 bridgehead atoms. The maximum atomic E-state index is 5.88. The van der Waals surface area contributed by atoms with E-state index in [9.17, 15) is 0 Å². The number of rotatable bonds is 6. The van der Waals surface area contributed by atoms with Gasteiger partial charge in [-0.3, -0.25) is 0 Å². The predicted octanol–water partition coefficient (Wildman–Crippen LogP) is 4.24. The van der Waals surface area contributed by atoms with Gasteiger partial charge in [-0.25, -0.2) is 0 Å². The Morgan fingerprint density at radius 2 is 1.90 bits per heavy atom. The van der Waals surface area contributed by atoms with Crippen LogP contribution in [0.4, 0.5) is 5.69 Å². The fourth-order valence-electron chi connectivity index (χ4n) is 2.96. The van der Waals surface area contributed by atoms with Crippen LogP contribution in [0.3, 0.4) is 0 Å². The zero-order chi connectivity index (χ0) is 14.8. The summed E-state index contributed by atoms with van der Waals surface area (Å²) in [6, 6.07) is 13.5. The monoisotopic (exact) mass is 298 g/mol. The quantitative estimate of drug-likeness (QED) is 0.809. The van der Waals surface area contributed by atoms with Gasteiger partial charge in [-0.15, -0.1) is 0 Å². The molecule has 1 aliphatic rings. The van der Waals surface area contributed by atoms with Crippen LogP contribution < -0.4 is 10.6 Å². The molecule has 3 rings (SSSR count). The summed E-state index contributed by atoms with van der Waals surface area (Å²) in [5.41, 5.74) is 8.19. The Balaban J connectivity index is 2.09. The van der Waals surface area contributed by atoms with Crippen LogP contribution in [0.15, 0.2) is 36.4 Å². The molecular weight excluding hydrogens is 276 g/mol. The van der Waals surface area contributed by atoms with Crippen LogP contribution in [-0.2, 0) is 0 Å². The number of benzene rings is 2. The van der Waals surface area contributed by atoms with Gasteiger partial charge in [0.2, 0.25) is 0 Å². The number of thiocarbonyl (C=S) groups is 1. The Kier molecular flexibility index (Phi) is 4.11. The Labute approximate surface area is 131 Å². The number of unbranched alkanes of at least 4 members (excludes halogenated alkanes) is 1. The number of fused-ring (bicyclic) bond motifs is 1. The highest BCUT2D eigenvalue weighted by molar-refractivity contribution is 7.80. The van der Waals surface area contributed by atoms with Crippen LogP contribution in [0.25, 0.3) is 10.8 Å². The zero-order valence-electron chi connectivity index (χ0n) is 12.5. The molecule has 0 aliphatic heterocycles. The fourth-order valence-corrected chi connectivity index (χ4v) is 3.14. The number of nitrogens with zero attached hydrogens (tertiary/aromatic N) is 1. The largest absolute Gasteiger partial charge is 0.389 e. The number of hydrogen-bond donors (Lipinski definition) is 1. The maximum Gasteiger partial charge on any atom is 0.104 e. The standard InChI is InChI=1S/C18H22N2S/c1-2-3-12-20(13-8-9-13)17-11-10-16(18(19)21)14-6-4-5-7-15(14)17/h4-7,10-11,13H,2-3,8-9,12H2,1H3,(H2,19,21). The van der Waals surface area contributed by atoms with Crippen LogP contribution in [-0.4, -0.2) is 17.6 Å². The van der Waals surface area contributed by atoms with Crippen LogP contribution in [0.1, 0.15) is 38.2 Å². The van der Waals surface area contributed by atoms with E-state index in [1.165, 1.54) is 42.1 Å². The Morgan fingerprint density at radius 1 is 1.19 bits per heavy atom. The lowest BCUT2D eigenvalue weighted by molar-refractivity contribution is 0.715. The molecule has 0 aromatic heterocycles. The molecule has 1 saturated carbocycles. The third-order valence-electron chi connectivity index (χ3n) is 4.22. The van der Waals surface area contributed by atoms with Gasteiger partial charge in [0.1, 0.15) is 4.99 Å². The van der Waals surface area contributed by atoms with E-state index in [4.69, 9.17) is 18.0 Å². The van der Waals surface area contributed by atoms with E-state index in [1.807, 2.05) is 0 Å². The summed E-state index contributed by atoms with van der Waals surface area (Å²) >= 11 is 5.20. The molecule has 2 nitrogen and oxygen atoms in total. The van der Waals surface area contributed by atoms with Gasteiger partial charge in [0.05, 0.1) is 0 Å². The average Bonchev–Trinajstić information content (AvgIpc) is 3.32. The van der Waals surface area contributed by atoms with Crippen molar-refractivity contribution >= 4 is 33.7 Å². The van der Waals surface area contributed by atoms with Gasteiger partial charge in [0.15, 0.2) is 0 Å². The molecule has 2 N–H and O–H groups in total. The molecule has 0 atom stereocenters. The fraction of sp³-hybridized carbons (Fsp3) is 0.389. The van der Waals surface area contributed by atoms with Gasteiger partial charge in [0.25, 0.3) is 0 Å². The molecule has 110 valence electrons. The summed E-state index contributed by atoms with van der Waals surface area (Å²) in [6.07, 6.45) is 5.10. The van der Waals surface area contributed by atoms with E-state index >= 15 is 0 Å². The van der Waals surface area contributed by atoms with Crippen LogP contribution in [0.5, 0.6) is 0 Å². The van der Waals surface area contributed by atoms with E-state index in [0.717, 1.165) is 18.2 Å². The van der Waals surface area contributed by atoms with Crippen molar-refractivity contribution in [2.75, 3.05) is 11.4 Å². The molecule has 0 saturated heterocycles. The van der Waals surface area contributed by atoms with Gasteiger partial charge in [-0.2, -0.15) is 0 Å². The highest BCUT2D eigenvalue weighted by atomic mass is 32.1. The maximum absolute atomic E-state index is 5.88. The van der Waals surface area contributed by atoms with Gasteiger partial charge in [-0.05, 0) is 36.8 Å². The Bertz CT molecular complexity index is 661. The van der Waals surface area contributed by atoms with Gasteiger partial charge in [0, 0.05) is 29.2 Å². The van der Waals surface area contributed by atoms with Gasteiger partial charge < -0.3 is 10.6 Å². The van der Waals surface area contributed by atoms with Crippen molar-refractivity contribution in [3.63, 3.8) is 0 Å². The molecule has 0 unspecified atom stereocenters. The first kappa shape index (κ1) is 14.3. The molecule has 3 heteroatoms. The summed E-state index contributed by atoms with van der Waals surface area (Å²) in [4.78, 5) is 3.05. The van der Waals surface area contributed by atoms with E-state index < -0.39 is 0 Å². The minimum atomic E-state index is 0.476. The number of nitrogens with two attached hydrogens (primary N) is 1. The first-order chi connectivity index (χ1) is 10.2. The summed E-state index contributed by atoms with van der Waals surface area (Å²) in [7, 11) is 0. The smallest absolute Gasteiger partial charge is 0.104 e. The lowest BCUT2D eigenvalue weighted by atomic mass is 10.0. The first-order valence-corrected chi connectivity index (χ1v) is 8.21. The minimum absolute atomic E-state index is 0.476. The predicted molar refractivity (Wildman–Crippen MR) is 95.1 cm³/mol. The third kappa shape index (κ3) is 2.88. The second-order valence-electron chi connectivity index (χ2n) is 5.82. The average molecular weight is 298 g/mol. The highest BCUT2D eigenvalue weighted by Gasteiger charge is 2.29. The lowest BCUT2D eigenvalue weighted by Gasteiger charge is -2.26. The molecule has 2 aromatic rings. The van der Waals surface area contributed by atoms with Crippen LogP contribution in [0.2, 0.25) is 0 Å². The molecule has 2 aromatic carbocycles. The summed E-state index contributed by atoms with van der Waals surface area (Å²) in [5.74, 6) is 0. The molecule has 1 aliphatic carbocycles. The Hall–Kier alpha value is -1.61. The van der Waals surface area contributed by atoms with Crippen molar-refractivity contribution in [1.29, 1.82) is 0 Å². The second-order valence-corrected chi connectivity index (χ2v) is 6.26. The van der Waals surface area contributed by atoms with Crippen LogP contribution in [0, 0.1) is 0 Å². The second kappa shape index (κ2) is 6.02.